The van der Waals surface area contributed by atoms with Gasteiger partial charge in [-0.05, 0) is 56.0 Å². The van der Waals surface area contributed by atoms with Crippen molar-refractivity contribution in [1.29, 1.82) is 0 Å². The average molecular weight is 467 g/mol. The number of nitrogens with zero attached hydrogens (tertiary/aromatic N) is 3. The van der Waals surface area contributed by atoms with E-state index in [1.807, 2.05) is 49.6 Å². The minimum absolute atomic E-state index is 0.0718. The Morgan fingerprint density at radius 1 is 1.12 bits per heavy atom. The summed E-state index contributed by atoms with van der Waals surface area (Å²) in [6.45, 7) is 4.42. The quantitative estimate of drug-likeness (QED) is 0.359. The van der Waals surface area contributed by atoms with E-state index in [1.165, 1.54) is 22.7 Å². The van der Waals surface area contributed by atoms with Gasteiger partial charge in [-0.15, -0.1) is 21.5 Å². The van der Waals surface area contributed by atoms with Gasteiger partial charge in [0.25, 0.3) is 0 Å². The Kier molecular flexibility index (Phi) is 7.02. The van der Waals surface area contributed by atoms with Gasteiger partial charge in [-0.2, -0.15) is 0 Å². The second-order valence-corrected chi connectivity index (χ2v) is 9.68. The maximum atomic E-state index is 14.5. The second-order valence-electron chi connectivity index (χ2n) is 7.34. The van der Waals surface area contributed by atoms with E-state index in [1.54, 1.807) is 34.1 Å². The van der Waals surface area contributed by atoms with E-state index in [4.69, 9.17) is 0 Å². The minimum atomic E-state index is -0.389. The molecule has 0 unspecified atom stereocenters. The molecule has 1 atom stereocenters. The van der Waals surface area contributed by atoms with Crippen LogP contribution in [0.25, 0.3) is 17.1 Å². The van der Waals surface area contributed by atoms with Gasteiger partial charge in [0.15, 0.2) is 11.0 Å². The Hall–Kier alpha value is -2.97. The van der Waals surface area contributed by atoms with Crippen molar-refractivity contribution < 1.29 is 9.18 Å². The fourth-order valence-electron chi connectivity index (χ4n) is 3.21. The summed E-state index contributed by atoms with van der Waals surface area (Å²) in [5, 5.41) is 13.7. The van der Waals surface area contributed by atoms with Crippen LogP contribution >= 0.6 is 23.1 Å². The summed E-state index contributed by atoms with van der Waals surface area (Å²) in [5.41, 5.74) is 2.29. The highest BCUT2D eigenvalue weighted by molar-refractivity contribution is 8.00. The summed E-state index contributed by atoms with van der Waals surface area (Å²) in [7, 11) is 0. The SMILES string of the molecule is Cc1ccc(-n2c(S[C@H](C)C(=O)NCCc3cccs3)nnc2-c2ccccc2F)cc1. The maximum absolute atomic E-state index is 14.5. The van der Waals surface area contributed by atoms with E-state index in [0.717, 1.165) is 17.7 Å². The van der Waals surface area contributed by atoms with Gasteiger partial charge in [0.2, 0.25) is 5.91 Å². The number of carbonyl (C=O) groups excluding carboxylic acids is 1. The smallest absolute Gasteiger partial charge is 0.233 e. The van der Waals surface area contributed by atoms with Crippen molar-refractivity contribution in [2.45, 2.75) is 30.7 Å². The summed E-state index contributed by atoms with van der Waals surface area (Å²) in [4.78, 5) is 13.9. The lowest BCUT2D eigenvalue weighted by Gasteiger charge is -2.14. The Labute approximate surface area is 194 Å². The van der Waals surface area contributed by atoms with E-state index in [0.29, 0.717) is 23.1 Å². The third kappa shape index (κ3) is 5.08. The Balaban J connectivity index is 1.57. The molecule has 164 valence electrons. The van der Waals surface area contributed by atoms with Crippen molar-refractivity contribution in [2.75, 3.05) is 6.54 Å². The number of aromatic nitrogens is 3. The molecule has 5 nitrogen and oxygen atoms in total. The number of thioether (sulfide) groups is 1. The van der Waals surface area contributed by atoms with Crippen LogP contribution in [0.1, 0.15) is 17.4 Å². The van der Waals surface area contributed by atoms with Crippen molar-refractivity contribution in [3.8, 4) is 17.1 Å². The Morgan fingerprint density at radius 2 is 1.91 bits per heavy atom. The van der Waals surface area contributed by atoms with Crippen LogP contribution in [0, 0.1) is 12.7 Å². The zero-order chi connectivity index (χ0) is 22.5. The van der Waals surface area contributed by atoms with E-state index < -0.39 is 0 Å². The van der Waals surface area contributed by atoms with E-state index in [2.05, 4.69) is 21.6 Å². The zero-order valence-electron chi connectivity index (χ0n) is 17.8. The van der Waals surface area contributed by atoms with Crippen LogP contribution in [0.2, 0.25) is 0 Å². The molecule has 8 heteroatoms. The van der Waals surface area contributed by atoms with Crippen molar-refractivity contribution in [3.05, 3.63) is 82.3 Å². The molecule has 0 aliphatic carbocycles. The maximum Gasteiger partial charge on any atom is 0.233 e. The molecule has 4 rings (SSSR count). The van der Waals surface area contributed by atoms with Gasteiger partial charge in [0.1, 0.15) is 5.82 Å². The summed E-state index contributed by atoms with van der Waals surface area (Å²) < 4.78 is 16.3. The number of thiophene rings is 1. The topological polar surface area (TPSA) is 59.8 Å². The van der Waals surface area contributed by atoms with Gasteiger partial charge in [0, 0.05) is 17.1 Å². The first kappa shape index (κ1) is 22.2. The largest absolute Gasteiger partial charge is 0.355 e. The molecule has 2 aromatic carbocycles. The molecule has 0 aliphatic rings. The first-order chi connectivity index (χ1) is 15.5. The highest BCUT2D eigenvalue weighted by Gasteiger charge is 2.23. The molecule has 0 aliphatic heterocycles. The Morgan fingerprint density at radius 3 is 2.62 bits per heavy atom. The van der Waals surface area contributed by atoms with Crippen LogP contribution in [0.15, 0.2) is 71.2 Å². The normalized spacial score (nSPS) is 12.0. The van der Waals surface area contributed by atoms with Crippen molar-refractivity contribution in [2.24, 2.45) is 0 Å². The number of benzene rings is 2. The third-order valence-electron chi connectivity index (χ3n) is 4.94. The molecule has 32 heavy (non-hydrogen) atoms. The fourth-order valence-corrected chi connectivity index (χ4v) is 4.81. The Bertz CT molecular complexity index is 1190. The predicted molar refractivity (Wildman–Crippen MR) is 128 cm³/mol. The molecule has 0 saturated heterocycles. The molecule has 0 bridgehead atoms. The van der Waals surface area contributed by atoms with E-state index >= 15 is 0 Å². The van der Waals surface area contributed by atoms with Crippen molar-refractivity contribution in [3.63, 3.8) is 0 Å². The van der Waals surface area contributed by atoms with Crippen LogP contribution in [-0.2, 0) is 11.2 Å². The third-order valence-corrected chi connectivity index (χ3v) is 6.92. The first-order valence-corrected chi connectivity index (χ1v) is 12.0. The minimum Gasteiger partial charge on any atom is -0.355 e. The summed E-state index contributed by atoms with van der Waals surface area (Å²) in [5.74, 6) is -0.0404. The number of nitrogens with one attached hydrogen (secondary N) is 1. The van der Waals surface area contributed by atoms with Crippen LogP contribution in [0.5, 0.6) is 0 Å². The summed E-state index contributed by atoms with van der Waals surface area (Å²) in [6.07, 6.45) is 0.803. The van der Waals surface area contributed by atoms with Crippen molar-refractivity contribution in [1.82, 2.24) is 20.1 Å². The van der Waals surface area contributed by atoms with E-state index in [-0.39, 0.29) is 17.0 Å². The number of hydrogen-bond donors (Lipinski definition) is 1. The predicted octanol–water partition coefficient (Wildman–Crippen LogP) is 5.28. The highest BCUT2D eigenvalue weighted by Crippen LogP contribution is 2.31. The molecular weight excluding hydrogens is 443 g/mol. The molecule has 0 saturated carbocycles. The van der Waals surface area contributed by atoms with Gasteiger partial charge in [-0.1, -0.05) is 47.7 Å². The number of amides is 1. The van der Waals surface area contributed by atoms with Crippen LogP contribution in [0.4, 0.5) is 4.39 Å². The second kappa shape index (κ2) is 10.1. The zero-order valence-corrected chi connectivity index (χ0v) is 19.4. The molecule has 1 N–H and O–H groups in total. The molecular formula is C24H23FN4OS2. The summed E-state index contributed by atoms with van der Waals surface area (Å²) in [6, 6.07) is 18.4. The van der Waals surface area contributed by atoms with Crippen LogP contribution < -0.4 is 5.32 Å². The van der Waals surface area contributed by atoms with E-state index in [9.17, 15) is 9.18 Å². The molecule has 2 aromatic heterocycles. The van der Waals surface area contributed by atoms with Crippen molar-refractivity contribution >= 4 is 29.0 Å². The molecule has 4 aromatic rings. The first-order valence-electron chi connectivity index (χ1n) is 10.3. The van der Waals surface area contributed by atoms with Crippen LogP contribution in [0.3, 0.4) is 0 Å². The molecule has 2 heterocycles. The summed E-state index contributed by atoms with van der Waals surface area (Å²) >= 11 is 2.98. The molecule has 0 fully saturated rings. The van der Waals surface area contributed by atoms with Gasteiger partial charge in [-0.3, -0.25) is 9.36 Å². The van der Waals surface area contributed by atoms with Gasteiger partial charge >= 0.3 is 0 Å². The number of hydrogen-bond acceptors (Lipinski definition) is 5. The lowest BCUT2D eigenvalue weighted by molar-refractivity contribution is -0.120. The average Bonchev–Trinajstić information content (AvgIpc) is 3.45. The molecule has 0 radical (unpaired) electrons. The van der Waals surface area contributed by atoms with Gasteiger partial charge in [-0.25, -0.2) is 4.39 Å². The molecule has 0 spiro atoms. The standard InChI is InChI=1S/C24H23FN4OS2/c1-16-9-11-18(12-10-16)29-22(20-7-3-4-8-21(20)25)27-28-24(29)32-17(2)23(30)26-14-13-19-6-5-15-31-19/h3-12,15,17H,13-14H2,1-2H3,(H,26,30)/t17-/m1/s1. The fraction of sp³-hybridized carbons (Fsp3) is 0.208. The highest BCUT2D eigenvalue weighted by atomic mass is 32.2. The number of rotatable bonds is 8. The number of aryl methyl sites for hydroxylation is 1. The number of carbonyl (C=O) groups is 1. The van der Waals surface area contributed by atoms with Gasteiger partial charge < -0.3 is 5.32 Å². The monoisotopic (exact) mass is 466 g/mol. The lowest BCUT2D eigenvalue weighted by atomic mass is 10.2. The van der Waals surface area contributed by atoms with Gasteiger partial charge in [0.05, 0.1) is 10.8 Å². The molecule has 1 amide bonds. The van der Waals surface area contributed by atoms with Crippen LogP contribution in [-0.4, -0.2) is 32.5 Å². The lowest BCUT2D eigenvalue weighted by Crippen LogP contribution is -2.32. The number of halogens is 1.